The Morgan fingerprint density at radius 2 is 1.46 bits per heavy atom. The van der Waals surface area contributed by atoms with Crippen molar-refractivity contribution in [1.82, 2.24) is 9.80 Å². The number of hydrogen-bond donors (Lipinski definition) is 0. The van der Waals surface area contributed by atoms with Crippen molar-refractivity contribution in [3.63, 3.8) is 0 Å². The number of benzene rings is 2. The Hall–Kier alpha value is -2.24. The topological polar surface area (TPSA) is 34.2 Å². The van der Waals surface area contributed by atoms with E-state index in [1.807, 2.05) is 36.4 Å². The molecule has 152 valence electrons. The monoisotopic (exact) mass is 384 g/mol. The molecule has 0 amide bonds. The molecule has 5 heteroatoms. The summed E-state index contributed by atoms with van der Waals surface area (Å²) in [4.78, 5) is 5.06. The van der Waals surface area contributed by atoms with Gasteiger partial charge in [-0.25, -0.2) is 0 Å². The van der Waals surface area contributed by atoms with Crippen molar-refractivity contribution in [2.75, 3.05) is 60.1 Å². The van der Waals surface area contributed by atoms with Gasteiger partial charge in [-0.2, -0.15) is 0 Å². The largest absolute Gasteiger partial charge is 0.493 e. The Kier molecular flexibility index (Phi) is 8.00. The first kappa shape index (κ1) is 20.5. The van der Waals surface area contributed by atoms with Crippen LogP contribution >= 0.6 is 0 Å². The van der Waals surface area contributed by atoms with Gasteiger partial charge in [0.05, 0.1) is 14.2 Å². The van der Waals surface area contributed by atoms with E-state index in [1.54, 1.807) is 14.2 Å². The minimum atomic E-state index is 0.753. The molecule has 0 N–H and O–H groups in total. The number of rotatable bonds is 10. The van der Waals surface area contributed by atoms with E-state index in [4.69, 9.17) is 14.2 Å². The second-order valence-corrected chi connectivity index (χ2v) is 7.14. The first-order chi connectivity index (χ1) is 13.8. The van der Waals surface area contributed by atoms with E-state index in [9.17, 15) is 0 Å². The number of ether oxygens (including phenoxy) is 3. The minimum absolute atomic E-state index is 0.753. The van der Waals surface area contributed by atoms with Gasteiger partial charge in [0, 0.05) is 32.7 Å². The summed E-state index contributed by atoms with van der Waals surface area (Å²) in [5.74, 6) is 2.56. The lowest BCUT2D eigenvalue weighted by Crippen LogP contribution is -2.47. The summed E-state index contributed by atoms with van der Waals surface area (Å²) in [7, 11) is 3.36. The summed E-state index contributed by atoms with van der Waals surface area (Å²) in [6.07, 6.45) is 2.22. The Morgan fingerprint density at radius 3 is 2.14 bits per heavy atom. The predicted octanol–water partition coefficient (Wildman–Crippen LogP) is 3.33. The summed E-state index contributed by atoms with van der Waals surface area (Å²) in [6, 6.07) is 16.3. The van der Waals surface area contributed by atoms with Crippen molar-refractivity contribution in [2.24, 2.45) is 0 Å². The normalized spacial score (nSPS) is 15.4. The van der Waals surface area contributed by atoms with Crippen LogP contribution in [0, 0.1) is 0 Å². The van der Waals surface area contributed by atoms with Crippen LogP contribution in [0.2, 0.25) is 0 Å². The number of aryl methyl sites for hydroxylation is 1. The van der Waals surface area contributed by atoms with Crippen LogP contribution in [0.15, 0.2) is 48.5 Å². The molecular weight excluding hydrogens is 352 g/mol. The van der Waals surface area contributed by atoms with E-state index < -0.39 is 0 Å². The molecule has 3 rings (SSSR count). The zero-order chi connectivity index (χ0) is 19.6. The van der Waals surface area contributed by atoms with Crippen molar-refractivity contribution in [3.05, 3.63) is 54.1 Å². The molecule has 0 spiro atoms. The van der Waals surface area contributed by atoms with Crippen LogP contribution in [-0.4, -0.2) is 69.9 Å². The van der Waals surface area contributed by atoms with Crippen LogP contribution in [0.4, 0.5) is 0 Å². The standard InChI is InChI=1S/C23H32N2O3/c1-26-22-11-10-20(19-23(22)27-2)7-6-12-24-13-15-25(16-14-24)17-18-28-21-8-4-3-5-9-21/h3-5,8-11,19H,6-7,12-18H2,1-2H3. The molecule has 0 aromatic heterocycles. The third-order valence-corrected chi connectivity index (χ3v) is 5.27. The van der Waals surface area contributed by atoms with Gasteiger partial charge in [0.2, 0.25) is 0 Å². The fourth-order valence-electron chi connectivity index (χ4n) is 3.59. The molecule has 28 heavy (non-hydrogen) atoms. The second-order valence-electron chi connectivity index (χ2n) is 7.14. The van der Waals surface area contributed by atoms with Crippen molar-refractivity contribution in [3.8, 4) is 17.2 Å². The van der Waals surface area contributed by atoms with Crippen molar-refractivity contribution in [1.29, 1.82) is 0 Å². The highest BCUT2D eigenvalue weighted by Crippen LogP contribution is 2.28. The van der Waals surface area contributed by atoms with Gasteiger partial charge in [-0.05, 0) is 49.2 Å². The third kappa shape index (κ3) is 6.14. The summed E-state index contributed by atoms with van der Waals surface area (Å²) in [5.41, 5.74) is 1.30. The Morgan fingerprint density at radius 1 is 0.786 bits per heavy atom. The van der Waals surface area contributed by atoms with Crippen LogP contribution in [0.5, 0.6) is 17.2 Å². The molecule has 0 bridgehead atoms. The van der Waals surface area contributed by atoms with Gasteiger partial charge in [0.15, 0.2) is 11.5 Å². The maximum atomic E-state index is 5.81. The SMILES string of the molecule is COc1ccc(CCCN2CCN(CCOc3ccccc3)CC2)cc1OC. The van der Waals surface area contributed by atoms with Crippen LogP contribution in [0.1, 0.15) is 12.0 Å². The Bertz CT molecular complexity index is 700. The van der Waals surface area contributed by atoms with Gasteiger partial charge in [-0.15, -0.1) is 0 Å². The van der Waals surface area contributed by atoms with Gasteiger partial charge < -0.3 is 19.1 Å². The number of nitrogens with zero attached hydrogens (tertiary/aromatic N) is 2. The fourth-order valence-corrected chi connectivity index (χ4v) is 3.59. The molecule has 5 nitrogen and oxygen atoms in total. The molecule has 2 aromatic carbocycles. The first-order valence-corrected chi connectivity index (χ1v) is 10.1. The quantitative estimate of drug-likeness (QED) is 0.628. The summed E-state index contributed by atoms with van der Waals surface area (Å²) in [5, 5.41) is 0. The summed E-state index contributed by atoms with van der Waals surface area (Å²) < 4.78 is 16.5. The molecule has 1 saturated heterocycles. The second kappa shape index (κ2) is 10.9. The molecule has 0 atom stereocenters. The molecule has 1 aliphatic heterocycles. The van der Waals surface area contributed by atoms with Gasteiger partial charge >= 0.3 is 0 Å². The van der Waals surface area contributed by atoms with Gasteiger partial charge in [-0.3, -0.25) is 4.90 Å². The van der Waals surface area contributed by atoms with E-state index >= 15 is 0 Å². The van der Waals surface area contributed by atoms with Crippen molar-refractivity contribution >= 4 is 0 Å². The highest BCUT2D eigenvalue weighted by Gasteiger charge is 2.16. The lowest BCUT2D eigenvalue weighted by molar-refractivity contribution is 0.116. The number of para-hydroxylation sites is 1. The molecule has 0 unspecified atom stereocenters. The molecule has 2 aromatic rings. The van der Waals surface area contributed by atoms with Gasteiger partial charge in [0.25, 0.3) is 0 Å². The zero-order valence-corrected chi connectivity index (χ0v) is 17.1. The molecule has 1 aliphatic rings. The number of methoxy groups -OCH3 is 2. The molecule has 1 heterocycles. The third-order valence-electron chi connectivity index (χ3n) is 5.27. The summed E-state index contributed by atoms with van der Waals surface area (Å²) >= 11 is 0. The Labute approximate surface area is 168 Å². The Balaban J connectivity index is 1.31. The highest BCUT2D eigenvalue weighted by atomic mass is 16.5. The van der Waals surface area contributed by atoms with E-state index in [2.05, 4.69) is 21.9 Å². The maximum Gasteiger partial charge on any atom is 0.160 e. The van der Waals surface area contributed by atoms with E-state index in [0.717, 1.165) is 76.0 Å². The lowest BCUT2D eigenvalue weighted by atomic mass is 10.1. The van der Waals surface area contributed by atoms with Gasteiger partial charge in [0.1, 0.15) is 12.4 Å². The van der Waals surface area contributed by atoms with Crippen LogP contribution < -0.4 is 14.2 Å². The minimum Gasteiger partial charge on any atom is -0.493 e. The number of hydrogen-bond acceptors (Lipinski definition) is 5. The molecule has 0 radical (unpaired) electrons. The van der Waals surface area contributed by atoms with Crippen LogP contribution in [0.3, 0.4) is 0 Å². The predicted molar refractivity (Wildman–Crippen MR) is 113 cm³/mol. The van der Waals surface area contributed by atoms with E-state index in [0.29, 0.717) is 0 Å². The van der Waals surface area contributed by atoms with E-state index in [1.165, 1.54) is 5.56 Å². The smallest absolute Gasteiger partial charge is 0.160 e. The van der Waals surface area contributed by atoms with Crippen molar-refractivity contribution < 1.29 is 14.2 Å². The highest BCUT2D eigenvalue weighted by molar-refractivity contribution is 5.42. The van der Waals surface area contributed by atoms with Crippen molar-refractivity contribution in [2.45, 2.75) is 12.8 Å². The van der Waals surface area contributed by atoms with E-state index in [-0.39, 0.29) is 0 Å². The summed E-state index contributed by atoms with van der Waals surface area (Å²) in [6.45, 7) is 7.40. The van der Waals surface area contributed by atoms with Crippen LogP contribution in [-0.2, 0) is 6.42 Å². The lowest BCUT2D eigenvalue weighted by Gasteiger charge is -2.34. The first-order valence-electron chi connectivity index (χ1n) is 10.1. The zero-order valence-electron chi connectivity index (χ0n) is 17.1. The molecule has 0 saturated carbocycles. The molecule has 1 fully saturated rings. The molecular formula is C23H32N2O3. The average Bonchev–Trinajstić information content (AvgIpc) is 2.75. The number of piperazine rings is 1. The maximum absolute atomic E-state index is 5.81. The molecule has 0 aliphatic carbocycles. The van der Waals surface area contributed by atoms with Gasteiger partial charge in [-0.1, -0.05) is 24.3 Å². The average molecular weight is 385 g/mol. The van der Waals surface area contributed by atoms with Crippen LogP contribution in [0.25, 0.3) is 0 Å². The fraction of sp³-hybridized carbons (Fsp3) is 0.478.